The molecule has 2 heterocycles. The molecule has 1 N–H and O–H groups in total. The SMILES string of the molecule is Cc1cc(Oc2ccccc2)ccc1N(C(=O)CCl)[C@@H](C(=O)N1CCN[C@@H](C(=O)OCc2ccccc2)C1)C1CC=CS1. The van der Waals surface area contributed by atoms with Gasteiger partial charge in [-0.15, -0.1) is 23.4 Å². The summed E-state index contributed by atoms with van der Waals surface area (Å²) in [4.78, 5) is 44.0. The number of rotatable bonds is 10. The number of amides is 2. The van der Waals surface area contributed by atoms with E-state index in [9.17, 15) is 14.4 Å². The maximum Gasteiger partial charge on any atom is 0.325 e. The van der Waals surface area contributed by atoms with E-state index in [4.69, 9.17) is 21.1 Å². The van der Waals surface area contributed by atoms with Crippen LogP contribution in [0.5, 0.6) is 11.5 Å². The predicted molar refractivity (Wildman–Crippen MR) is 169 cm³/mol. The van der Waals surface area contributed by atoms with Crippen LogP contribution in [0.3, 0.4) is 0 Å². The highest BCUT2D eigenvalue weighted by molar-refractivity contribution is 8.03. The van der Waals surface area contributed by atoms with E-state index in [1.807, 2.05) is 85.1 Å². The molecule has 0 aliphatic carbocycles. The predicted octanol–water partition coefficient (Wildman–Crippen LogP) is 5.29. The molecule has 2 aliphatic heterocycles. The van der Waals surface area contributed by atoms with E-state index in [1.165, 1.54) is 16.7 Å². The van der Waals surface area contributed by atoms with Crippen LogP contribution in [-0.4, -0.2) is 65.5 Å². The van der Waals surface area contributed by atoms with Gasteiger partial charge in [0, 0.05) is 30.6 Å². The summed E-state index contributed by atoms with van der Waals surface area (Å²) in [5.74, 6) is -0.00251. The standard InChI is InChI=1S/C33H34ClN3O5S/c1-23-19-26(42-25-11-6-3-7-12-25)14-15-28(23)37(30(38)20-34)31(29-13-8-18-43-29)32(39)36-17-16-35-27(21-36)33(40)41-22-24-9-4-2-5-10-24/h2-12,14-15,18-19,27,29,31,35H,13,16-17,20-22H2,1H3/t27-,29?,31-/m1/s1. The lowest BCUT2D eigenvalue weighted by Crippen LogP contribution is -2.62. The first kappa shape index (κ1) is 30.7. The molecular formula is C33H34ClN3O5S. The van der Waals surface area contributed by atoms with Crippen molar-refractivity contribution in [2.45, 2.75) is 37.3 Å². The van der Waals surface area contributed by atoms with Crippen molar-refractivity contribution in [1.29, 1.82) is 0 Å². The van der Waals surface area contributed by atoms with Gasteiger partial charge in [-0.25, -0.2) is 0 Å². The quantitative estimate of drug-likeness (QED) is 0.244. The molecule has 1 saturated heterocycles. The molecule has 3 aromatic carbocycles. The van der Waals surface area contributed by atoms with Crippen LogP contribution in [0.1, 0.15) is 17.5 Å². The second-order valence-electron chi connectivity index (χ2n) is 10.4. The Labute approximate surface area is 261 Å². The van der Waals surface area contributed by atoms with E-state index in [-0.39, 0.29) is 36.1 Å². The number of hydrogen-bond acceptors (Lipinski definition) is 7. The van der Waals surface area contributed by atoms with Crippen LogP contribution in [-0.2, 0) is 25.7 Å². The first-order valence-electron chi connectivity index (χ1n) is 14.2. The number of halogens is 1. The van der Waals surface area contributed by atoms with Crippen LogP contribution in [0.2, 0.25) is 0 Å². The highest BCUT2D eigenvalue weighted by Crippen LogP contribution is 2.36. The number of benzene rings is 3. The lowest BCUT2D eigenvalue weighted by molar-refractivity contribution is -0.150. The zero-order valence-corrected chi connectivity index (χ0v) is 25.4. The van der Waals surface area contributed by atoms with Crippen molar-refractivity contribution in [1.82, 2.24) is 10.2 Å². The summed E-state index contributed by atoms with van der Waals surface area (Å²) in [6.45, 7) is 2.99. The zero-order valence-electron chi connectivity index (χ0n) is 23.9. The zero-order chi connectivity index (χ0) is 30.2. The van der Waals surface area contributed by atoms with Crippen LogP contribution in [0.4, 0.5) is 5.69 Å². The molecule has 0 spiro atoms. The summed E-state index contributed by atoms with van der Waals surface area (Å²) in [6, 6.07) is 22.8. The molecule has 224 valence electrons. The summed E-state index contributed by atoms with van der Waals surface area (Å²) in [5.41, 5.74) is 2.24. The van der Waals surface area contributed by atoms with Crippen molar-refractivity contribution >= 4 is 46.8 Å². The van der Waals surface area contributed by atoms with Gasteiger partial charge in [-0.3, -0.25) is 19.3 Å². The minimum atomic E-state index is -0.829. The van der Waals surface area contributed by atoms with Gasteiger partial charge in [-0.2, -0.15) is 0 Å². The Morgan fingerprint density at radius 1 is 1.05 bits per heavy atom. The van der Waals surface area contributed by atoms with Crippen LogP contribution in [0, 0.1) is 6.92 Å². The fraction of sp³-hybridized carbons (Fsp3) is 0.303. The molecule has 43 heavy (non-hydrogen) atoms. The van der Waals surface area contributed by atoms with Gasteiger partial charge in [0.05, 0.1) is 0 Å². The summed E-state index contributed by atoms with van der Waals surface area (Å²) in [6.07, 6.45) is 2.63. The van der Waals surface area contributed by atoms with Gasteiger partial charge in [0.25, 0.3) is 0 Å². The average molecular weight is 620 g/mol. The number of esters is 1. The number of allylic oxidation sites excluding steroid dienone is 1. The number of alkyl halides is 1. The topological polar surface area (TPSA) is 88.2 Å². The highest BCUT2D eigenvalue weighted by Gasteiger charge is 2.42. The number of ether oxygens (including phenoxy) is 2. The molecule has 10 heteroatoms. The third-order valence-electron chi connectivity index (χ3n) is 7.39. The fourth-order valence-electron chi connectivity index (χ4n) is 5.26. The average Bonchev–Trinajstić information content (AvgIpc) is 3.58. The number of aryl methyl sites for hydroxylation is 1. The van der Waals surface area contributed by atoms with E-state index >= 15 is 0 Å². The number of hydrogen-bond donors (Lipinski definition) is 1. The maximum absolute atomic E-state index is 14.3. The monoisotopic (exact) mass is 619 g/mol. The third-order valence-corrected chi connectivity index (χ3v) is 8.76. The summed E-state index contributed by atoms with van der Waals surface area (Å²) in [7, 11) is 0. The van der Waals surface area contributed by atoms with Crippen molar-refractivity contribution in [3.05, 3.63) is 101 Å². The van der Waals surface area contributed by atoms with Crippen molar-refractivity contribution in [3.8, 4) is 11.5 Å². The number of thioether (sulfide) groups is 1. The summed E-state index contributed by atoms with van der Waals surface area (Å²) >= 11 is 7.66. The summed E-state index contributed by atoms with van der Waals surface area (Å²) in [5, 5.41) is 4.92. The highest BCUT2D eigenvalue weighted by atomic mass is 35.5. The minimum absolute atomic E-state index is 0.138. The Bertz CT molecular complexity index is 1450. The van der Waals surface area contributed by atoms with Gasteiger partial charge in [0.2, 0.25) is 11.8 Å². The lowest BCUT2D eigenvalue weighted by atomic mass is 10.0. The maximum atomic E-state index is 14.3. The Hall–Kier alpha value is -3.79. The molecule has 0 saturated carbocycles. The number of nitrogens with zero attached hydrogens (tertiary/aromatic N) is 2. The Balaban J connectivity index is 1.37. The molecule has 5 rings (SSSR count). The number of carbonyl (C=O) groups excluding carboxylic acids is 3. The number of carbonyl (C=O) groups is 3. The molecule has 2 amide bonds. The Morgan fingerprint density at radius 3 is 2.47 bits per heavy atom. The van der Waals surface area contributed by atoms with Crippen molar-refractivity contribution in [2.75, 3.05) is 30.4 Å². The molecule has 0 bridgehead atoms. The summed E-state index contributed by atoms with van der Waals surface area (Å²) < 4.78 is 11.5. The number of piperazine rings is 1. The van der Waals surface area contributed by atoms with Gasteiger partial charge >= 0.3 is 5.97 Å². The fourth-order valence-corrected chi connectivity index (χ4v) is 6.42. The molecule has 1 unspecified atom stereocenters. The number of nitrogens with one attached hydrogen (secondary N) is 1. The van der Waals surface area contributed by atoms with Crippen molar-refractivity contribution < 1.29 is 23.9 Å². The van der Waals surface area contributed by atoms with Gasteiger partial charge in [0.1, 0.15) is 36.1 Å². The van der Waals surface area contributed by atoms with Crippen LogP contribution >= 0.6 is 23.4 Å². The molecule has 3 atom stereocenters. The molecule has 8 nitrogen and oxygen atoms in total. The molecular weight excluding hydrogens is 586 g/mol. The first-order valence-corrected chi connectivity index (χ1v) is 15.7. The second-order valence-corrected chi connectivity index (χ2v) is 11.8. The second kappa shape index (κ2) is 14.6. The van der Waals surface area contributed by atoms with E-state index in [0.29, 0.717) is 36.7 Å². The van der Waals surface area contributed by atoms with Gasteiger partial charge in [0.15, 0.2) is 0 Å². The molecule has 3 aromatic rings. The Kier molecular flexibility index (Phi) is 10.4. The largest absolute Gasteiger partial charge is 0.460 e. The molecule has 0 radical (unpaired) electrons. The smallest absolute Gasteiger partial charge is 0.325 e. The number of para-hydroxylation sites is 1. The van der Waals surface area contributed by atoms with E-state index in [0.717, 1.165) is 11.1 Å². The van der Waals surface area contributed by atoms with Crippen molar-refractivity contribution in [2.24, 2.45) is 0 Å². The van der Waals surface area contributed by atoms with Crippen LogP contribution < -0.4 is 15.0 Å². The van der Waals surface area contributed by atoms with Crippen molar-refractivity contribution in [3.63, 3.8) is 0 Å². The number of anilines is 1. The van der Waals surface area contributed by atoms with E-state index < -0.39 is 18.1 Å². The Morgan fingerprint density at radius 2 is 1.79 bits per heavy atom. The van der Waals surface area contributed by atoms with E-state index in [2.05, 4.69) is 5.32 Å². The molecule has 2 aliphatic rings. The van der Waals surface area contributed by atoms with Crippen LogP contribution in [0.25, 0.3) is 0 Å². The van der Waals surface area contributed by atoms with E-state index in [1.54, 1.807) is 17.0 Å². The van der Waals surface area contributed by atoms with Gasteiger partial charge in [-0.1, -0.05) is 54.6 Å². The molecule has 1 fully saturated rings. The lowest BCUT2D eigenvalue weighted by Gasteiger charge is -2.40. The normalized spacial score (nSPS) is 18.6. The minimum Gasteiger partial charge on any atom is -0.460 e. The molecule has 0 aromatic heterocycles. The van der Waals surface area contributed by atoms with Gasteiger partial charge in [-0.05, 0) is 60.2 Å². The van der Waals surface area contributed by atoms with Crippen LogP contribution in [0.15, 0.2) is 90.3 Å². The third kappa shape index (κ3) is 7.60. The first-order chi connectivity index (χ1) is 20.9. The van der Waals surface area contributed by atoms with Gasteiger partial charge < -0.3 is 19.7 Å².